The van der Waals surface area contributed by atoms with E-state index in [9.17, 15) is 0 Å². The zero-order chi connectivity index (χ0) is 16.2. The average Bonchev–Trinajstić information content (AvgIpc) is 3.05. The molecule has 0 bridgehead atoms. The molecule has 0 amide bonds. The molecule has 3 rings (SSSR count). The Kier molecular flexibility index (Phi) is 5.05. The van der Waals surface area contributed by atoms with Gasteiger partial charge in [0.15, 0.2) is 0 Å². The minimum atomic E-state index is 0.119. The molecule has 1 fully saturated rings. The van der Waals surface area contributed by atoms with Gasteiger partial charge in [-0.05, 0) is 26.6 Å². The molecule has 0 radical (unpaired) electrons. The van der Waals surface area contributed by atoms with E-state index in [-0.39, 0.29) is 6.04 Å². The quantitative estimate of drug-likeness (QED) is 0.843. The topological polar surface area (TPSA) is 54.6 Å². The summed E-state index contributed by atoms with van der Waals surface area (Å²) in [6.07, 6.45) is 0. The number of hydrogen-bond donors (Lipinski definition) is 0. The molecular weight excluding hydrogens is 292 g/mol. The van der Waals surface area contributed by atoms with Gasteiger partial charge in [-0.2, -0.15) is 4.98 Å². The van der Waals surface area contributed by atoms with E-state index < -0.39 is 0 Å². The molecule has 0 unspecified atom stereocenters. The summed E-state index contributed by atoms with van der Waals surface area (Å²) in [5.41, 5.74) is 2.25. The Hall–Kier alpha value is -1.76. The van der Waals surface area contributed by atoms with Crippen LogP contribution < -0.4 is 0 Å². The van der Waals surface area contributed by atoms with Crippen molar-refractivity contribution < 1.29 is 9.26 Å². The van der Waals surface area contributed by atoms with Crippen LogP contribution in [0.5, 0.6) is 0 Å². The second kappa shape index (κ2) is 7.21. The van der Waals surface area contributed by atoms with Crippen molar-refractivity contribution in [2.24, 2.45) is 0 Å². The number of morpholine rings is 1. The van der Waals surface area contributed by atoms with Gasteiger partial charge in [-0.25, -0.2) is 0 Å². The van der Waals surface area contributed by atoms with Gasteiger partial charge in [0, 0.05) is 25.2 Å². The van der Waals surface area contributed by atoms with Gasteiger partial charge in [0.2, 0.25) is 11.7 Å². The number of aromatic nitrogens is 2. The van der Waals surface area contributed by atoms with Crippen LogP contribution in [0.3, 0.4) is 0 Å². The number of nitrogens with zero attached hydrogens (tertiary/aromatic N) is 4. The lowest BCUT2D eigenvalue weighted by Gasteiger charge is -2.29. The molecule has 23 heavy (non-hydrogen) atoms. The first-order chi connectivity index (χ1) is 11.1. The van der Waals surface area contributed by atoms with Crippen LogP contribution in [0.2, 0.25) is 0 Å². The summed E-state index contributed by atoms with van der Waals surface area (Å²) in [5, 5.41) is 4.14. The summed E-state index contributed by atoms with van der Waals surface area (Å²) in [7, 11) is 4.12. The second-order valence-corrected chi connectivity index (χ2v) is 6.22. The van der Waals surface area contributed by atoms with E-state index in [4.69, 9.17) is 9.26 Å². The fourth-order valence-corrected chi connectivity index (χ4v) is 2.77. The number of hydrogen-bond acceptors (Lipinski definition) is 6. The van der Waals surface area contributed by atoms with Gasteiger partial charge in [0.1, 0.15) is 0 Å². The molecule has 1 aliphatic heterocycles. The Morgan fingerprint density at radius 2 is 1.87 bits per heavy atom. The molecule has 6 nitrogen and oxygen atoms in total. The number of ether oxygens (including phenoxy) is 1. The van der Waals surface area contributed by atoms with Crippen molar-refractivity contribution in [2.75, 3.05) is 40.4 Å². The summed E-state index contributed by atoms with van der Waals surface area (Å²) in [6, 6.07) is 8.43. The van der Waals surface area contributed by atoms with Crippen LogP contribution in [0, 0.1) is 0 Å². The van der Waals surface area contributed by atoms with Crippen LogP contribution in [0.25, 0.3) is 11.4 Å². The van der Waals surface area contributed by atoms with Gasteiger partial charge in [-0.1, -0.05) is 29.4 Å². The summed E-state index contributed by atoms with van der Waals surface area (Å²) in [5.74, 6) is 1.32. The maximum Gasteiger partial charge on any atom is 0.244 e. The lowest BCUT2D eigenvalue weighted by molar-refractivity contribution is 0.0134. The van der Waals surface area contributed by atoms with Gasteiger partial charge in [0.25, 0.3) is 0 Å². The molecular formula is C17H24N4O2. The van der Waals surface area contributed by atoms with Crippen molar-refractivity contribution in [2.45, 2.75) is 19.5 Å². The van der Waals surface area contributed by atoms with Gasteiger partial charge in [0.05, 0.1) is 19.3 Å². The maximum absolute atomic E-state index is 5.48. The highest BCUT2D eigenvalue weighted by Crippen LogP contribution is 2.23. The molecule has 2 heterocycles. The standard InChI is InChI=1S/C17H24N4O2/c1-13(21-8-10-22-11-9-21)17-18-16(19-23-17)15-6-4-14(5-7-15)12-20(2)3/h4-7,13H,8-12H2,1-3H3/t13-/m0/s1. The van der Waals surface area contributed by atoms with Gasteiger partial charge in [-0.15, -0.1) is 0 Å². The smallest absolute Gasteiger partial charge is 0.244 e. The van der Waals surface area contributed by atoms with Gasteiger partial charge < -0.3 is 14.2 Å². The average molecular weight is 316 g/mol. The van der Waals surface area contributed by atoms with Gasteiger partial charge >= 0.3 is 0 Å². The fraction of sp³-hybridized carbons (Fsp3) is 0.529. The van der Waals surface area contributed by atoms with E-state index >= 15 is 0 Å². The minimum absolute atomic E-state index is 0.119. The molecule has 1 aromatic carbocycles. The zero-order valence-corrected chi connectivity index (χ0v) is 14.0. The van der Waals surface area contributed by atoms with E-state index in [1.165, 1.54) is 5.56 Å². The van der Waals surface area contributed by atoms with Crippen LogP contribution in [0.4, 0.5) is 0 Å². The highest BCUT2D eigenvalue weighted by atomic mass is 16.5. The van der Waals surface area contributed by atoms with Crippen LogP contribution in [0.15, 0.2) is 28.8 Å². The lowest BCUT2D eigenvalue weighted by Crippen LogP contribution is -2.38. The molecule has 6 heteroatoms. The van der Waals surface area contributed by atoms with E-state index in [0.29, 0.717) is 11.7 Å². The first kappa shape index (κ1) is 16.1. The van der Waals surface area contributed by atoms with Crippen molar-refractivity contribution in [3.8, 4) is 11.4 Å². The summed E-state index contributed by atoms with van der Waals surface area (Å²) in [6.45, 7) is 6.35. The molecule has 2 aromatic rings. The van der Waals surface area contributed by atoms with E-state index in [1.807, 2.05) is 12.1 Å². The second-order valence-electron chi connectivity index (χ2n) is 6.22. The largest absolute Gasteiger partial charge is 0.379 e. The first-order valence-corrected chi connectivity index (χ1v) is 8.03. The molecule has 124 valence electrons. The molecule has 1 aromatic heterocycles. The van der Waals surface area contributed by atoms with E-state index in [1.54, 1.807) is 0 Å². The van der Waals surface area contributed by atoms with Crippen LogP contribution in [-0.2, 0) is 11.3 Å². The third-order valence-corrected chi connectivity index (χ3v) is 4.10. The molecule has 0 saturated carbocycles. The van der Waals surface area contributed by atoms with E-state index in [2.05, 4.69) is 53.1 Å². The summed E-state index contributed by atoms with van der Waals surface area (Å²) in [4.78, 5) is 9.03. The van der Waals surface area contributed by atoms with E-state index in [0.717, 1.165) is 38.4 Å². The lowest BCUT2D eigenvalue weighted by atomic mass is 10.1. The number of rotatable bonds is 5. The van der Waals surface area contributed by atoms with Crippen LogP contribution >= 0.6 is 0 Å². The summed E-state index contributed by atoms with van der Waals surface area (Å²) < 4.78 is 10.9. The first-order valence-electron chi connectivity index (χ1n) is 8.03. The van der Waals surface area contributed by atoms with Crippen molar-refractivity contribution in [3.63, 3.8) is 0 Å². The SMILES string of the molecule is C[C@@H](c1nc(-c2ccc(CN(C)C)cc2)no1)N1CCOCC1. The van der Waals surface area contributed by atoms with Crippen molar-refractivity contribution in [1.82, 2.24) is 19.9 Å². The molecule has 1 atom stereocenters. The molecule has 0 aliphatic carbocycles. The Balaban J connectivity index is 1.70. The summed E-state index contributed by atoms with van der Waals surface area (Å²) >= 11 is 0. The van der Waals surface area contributed by atoms with Crippen molar-refractivity contribution in [3.05, 3.63) is 35.7 Å². The van der Waals surface area contributed by atoms with Crippen molar-refractivity contribution in [1.29, 1.82) is 0 Å². The Bertz CT molecular complexity index is 618. The Morgan fingerprint density at radius 1 is 1.17 bits per heavy atom. The molecule has 1 aliphatic rings. The predicted octanol–water partition coefficient (Wildman–Crippen LogP) is 2.19. The highest BCUT2D eigenvalue weighted by Gasteiger charge is 2.23. The minimum Gasteiger partial charge on any atom is -0.379 e. The van der Waals surface area contributed by atoms with Gasteiger partial charge in [-0.3, -0.25) is 4.90 Å². The molecule has 0 spiro atoms. The Morgan fingerprint density at radius 3 is 2.52 bits per heavy atom. The van der Waals surface area contributed by atoms with Crippen LogP contribution in [-0.4, -0.2) is 60.3 Å². The molecule has 0 N–H and O–H groups in total. The maximum atomic E-state index is 5.48. The Labute approximate surface area is 137 Å². The zero-order valence-electron chi connectivity index (χ0n) is 14.0. The monoisotopic (exact) mass is 316 g/mol. The third kappa shape index (κ3) is 3.96. The predicted molar refractivity (Wildman–Crippen MR) is 87.9 cm³/mol. The highest BCUT2D eigenvalue weighted by molar-refractivity contribution is 5.54. The fourth-order valence-electron chi connectivity index (χ4n) is 2.77. The molecule has 1 saturated heterocycles. The normalized spacial score (nSPS) is 17.6. The third-order valence-electron chi connectivity index (χ3n) is 4.10. The van der Waals surface area contributed by atoms with Crippen LogP contribution in [0.1, 0.15) is 24.4 Å². The van der Waals surface area contributed by atoms with Crippen molar-refractivity contribution >= 4 is 0 Å². The number of benzene rings is 1.